The van der Waals surface area contributed by atoms with Gasteiger partial charge in [0.25, 0.3) is 0 Å². The minimum Gasteiger partial charge on any atom is -0.379 e. The van der Waals surface area contributed by atoms with Crippen molar-refractivity contribution in [1.82, 2.24) is 15.5 Å². The highest BCUT2D eigenvalue weighted by molar-refractivity contribution is 14.0. The van der Waals surface area contributed by atoms with Crippen LogP contribution in [-0.2, 0) is 14.2 Å². The van der Waals surface area contributed by atoms with Crippen molar-refractivity contribution in [3.63, 3.8) is 0 Å². The molecule has 1 aromatic carbocycles. The molecule has 2 atom stereocenters. The first-order valence-corrected chi connectivity index (χ1v) is 10.5. The second-order valence-electron chi connectivity index (χ2n) is 7.31. The summed E-state index contributed by atoms with van der Waals surface area (Å²) in [5.74, 6) is 0.528. The zero-order chi connectivity index (χ0) is 20.3. The first-order chi connectivity index (χ1) is 14.3. The largest absolute Gasteiger partial charge is 0.379 e. The lowest BCUT2D eigenvalue weighted by Crippen LogP contribution is -2.46. The second kappa shape index (κ2) is 14.1. The quantitative estimate of drug-likeness (QED) is 0.218. The number of guanidine groups is 1. The molecule has 2 unspecified atom stereocenters. The predicted molar refractivity (Wildman–Crippen MR) is 126 cm³/mol. The lowest BCUT2D eigenvalue weighted by Gasteiger charge is -2.35. The number of benzene rings is 1. The normalized spacial score (nSPS) is 21.1. The Labute approximate surface area is 195 Å². The lowest BCUT2D eigenvalue weighted by atomic mass is 10.0. The molecule has 2 saturated heterocycles. The summed E-state index contributed by atoms with van der Waals surface area (Å²) in [6, 6.07) is 6.89. The van der Waals surface area contributed by atoms with Crippen LogP contribution in [0.15, 0.2) is 29.3 Å². The summed E-state index contributed by atoms with van der Waals surface area (Å²) in [5, 5.41) is 6.72. The fraction of sp³-hybridized carbons (Fsp3) is 0.667. The molecular formula is C21H34FIN4O3. The molecule has 0 aromatic heterocycles. The number of hydrogen-bond acceptors (Lipinski definition) is 5. The maximum atomic E-state index is 13.8. The molecule has 2 aliphatic heterocycles. The van der Waals surface area contributed by atoms with Crippen molar-refractivity contribution in [3.8, 4) is 0 Å². The topological polar surface area (TPSA) is 67.4 Å². The zero-order valence-electron chi connectivity index (χ0n) is 17.6. The van der Waals surface area contributed by atoms with Crippen molar-refractivity contribution < 1.29 is 18.6 Å². The summed E-state index contributed by atoms with van der Waals surface area (Å²) < 4.78 is 30.4. The number of ether oxygens (including phenoxy) is 3. The van der Waals surface area contributed by atoms with Gasteiger partial charge in [-0.1, -0.05) is 12.1 Å². The number of aliphatic imine (C=N–C) groups is 1. The highest BCUT2D eigenvalue weighted by atomic mass is 127. The Kier molecular flexibility index (Phi) is 11.9. The van der Waals surface area contributed by atoms with Crippen LogP contribution in [0, 0.1) is 5.82 Å². The van der Waals surface area contributed by atoms with E-state index in [1.54, 1.807) is 19.2 Å². The van der Waals surface area contributed by atoms with Crippen LogP contribution in [0.5, 0.6) is 0 Å². The summed E-state index contributed by atoms with van der Waals surface area (Å²) in [6.07, 6.45) is 2.13. The maximum Gasteiger partial charge on any atom is 0.191 e. The van der Waals surface area contributed by atoms with Crippen LogP contribution in [0.25, 0.3) is 0 Å². The molecule has 3 rings (SSSR count). The van der Waals surface area contributed by atoms with Crippen LogP contribution in [-0.4, -0.2) is 83.2 Å². The summed E-state index contributed by atoms with van der Waals surface area (Å²) in [6.45, 7) is 6.69. The molecule has 9 heteroatoms. The van der Waals surface area contributed by atoms with Crippen LogP contribution >= 0.6 is 24.0 Å². The molecule has 2 aliphatic rings. The van der Waals surface area contributed by atoms with Gasteiger partial charge >= 0.3 is 0 Å². The van der Waals surface area contributed by atoms with E-state index in [0.29, 0.717) is 33.0 Å². The van der Waals surface area contributed by atoms with Crippen LogP contribution in [0.2, 0.25) is 0 Å². The lowest BCUT2D eigenvalue weighted by molar-refractivity contribution is 0.0169. The number of halogens is 2. The van der Waals surface area contributed by atoms with Gasteiger partial charge in [0.1, 0.15) is 5.82 Å². The van der Waals surface area contributed by atoms with Gasteiger partial charge in [0.2, 0.25) is 0 Å². The molecule has 7 nitrogen and oxygen atoms in total. The second-order valence-corrected chi connectivity index (χ2v) is 7.31. The van der Waals surface area contributed by atoms with E-state index in [4.69, 9.17) is 14.2 Å². The molecule has 30 heavy (non-hydrogen) atoms. The molecule has 2 fully saturated rings. The van der Waals surface area contributed by atoms with Gasteiger partial charge < -0.3 is 24.8 Å². The van der Waals surface area contributed by atoms with Crippen molar-refractivity contribution in [2.45, 2.75) is 25.0 Å². The molecule has 170 valence electrons. The van der Waals surface area contributed by atoms with E-state index in [1.807, 2.05) is 6.07 Å². The first-order valence-electron chi connectivity index (χ1n) is 10.5. The molecule has 2 N–H and O–H groups in total. The highest BCUT2D eigenvalue weighted by Crippen LogP contribution is 2.22. The Balaban J connectivity index is 0.00000320. The number of nitrogens with zero attached hydrogens (tertiary/aromatic N) is 2. The van der Waals surface area contributed by atoms with Crippen LogP contribution in [0.1, 0.15) is 24.4 Å². The Hall–Kier alpha value is -1.01. The molecule has 0 amide bonds. The standard InChI is InChI=1S/C21H33FN4O3.HI/c1-23-21(24-7-3-10-29-19-6-11-28-16-19)25-15-20(26-8-12-27-13-9-26)17-4-2-5-18(22)14-17;/h2,4-5,14,19-20H,3,6-13,15-16H2,1H3,(H2,23,24,25);1H. The van der Waals surface area contributed by atoms with Crippen molar-refractivity contribution in [3.05, 3.63) is 35.6 Å². The smallest absolute Gasteiger partial charge is 0.191 e. The van der Waals surface area contributed by atoms with Crippen LogP contribution in [0.3, 0.4) is 0 Å². The molecule has 0 radical (unpaired) electrons. The number of nitrogens with one attached hydrogen (secondary N) is 2. The van der Waals surface area contributed by atoms with Gasteiger partial charge in [-0.2, -0.15) is 0 Å². The van der Waals surface area contributed by atoms with Crippen LogP contribution < -0.4 is 10.6 Å². The van der Waals surface area contributed by atoms with Gasteiger partial charge in [-0.15, -0.1) is 24.0 Å². The Morgan fingerprint density at radius 1 is 1.27 bits per heavy atom. The molecule has 1 aromatic rings. The monoisotopic (exact) mass is 536 g/mol. The molecule has 0 spiro atoms. The summed E-state index contributed by atoms with van der Waals surface area (Å²) in [5.41, 5.74) is 0.960. The van der Waals surface area contributed by atoms with Crippen molar-refractivity contribution in [2.24, 2.45) is 4.99 Å². The number of rotatable bonds is 9. The van der Waals surface area contributed by atoms with E-state index in [-0.39, 0.29) is 41.9 Å². The number of hydrogen-bond donors (Lipinski definition) is 2. The minimum atomic E-state index is -0.212. The number of morpholine rings is 1. The van der Waals surface area contributed by atoms with Crippen molar-refractivity contribution in [2.75, 3.05) is 66.3 Å². The highest BCUT2D eigenvalue weighted by Gasteiger charge is 2.23. The maximum absolute atomic E-state index is 13.8. The summed E-state index contributed by atoms with van der Waals surface area (Å²) in [4.78, 5) is 6.64. The molecule has 0 bridgehead atoms. The summed E-state index contributed by atoms with van der Waals surface area (Å²) >= 11 is 0. The molecule has 0 aliphatic carbocycles. The third-order valence-electron chi connectivity index (χ3n) is 5.26. The fourth-order valence-corrected chi connectivity index (χ4v) is 3.65. The van der Waals surface area contributed by atoms with Gasteiger partial charge in [0.05, 0.1) is 32.0 Å². The minimum absolute atomic E-state index is 0. The van der Waals surface area contributed by atoms with E-state index in [2.05, 4.69) is 20.5 Å². The van der Waals surface area contributed by atoms with Gasteiger partial charge in [-0.3, -0.25) is 9.89 Å². The van der Waals surface area contributed by atoms with Gasteiger partial charge in [-0.25, -0.2) is 4.39 Å². The fourth-order valence-electron chi connectivity index (χ4n) is 3.65. The Bertz CT molecular complexity index is 640. The molecule has 2 heterocycles. The Morgan fingerprint density at radius 2 is 2.10 bits per heavy atom. The van der Waals surface area contributed by atoms with Crippen molar-refractivity contribution in [1.29, 1.82) is 0 Å². The van der Waals surface area contributed by atoms with Crippen molar-refractivity contribution >= 4 is 29.9 Å². The van der Waals surface area contributed by atoms with E-state index >= 15 is 0 Å². The van der Waals surface area contributed by atoms with E-state index in [1.165, 1.54) is 6.07 Å². The third-order valence-corrected chi connectivity index (χ3v) is 5.26. The van der Waals surface area contributed by atoms with Crippen LogP contribution in [0.4, 0.5) is 4.39 Å². The summed E-state index contributed by atoms with van der Waals surface area (Å²) in [7, 11) is 1.76. The Morgan fingerprint density at radius 3 is 2.80 bits per heavy atom. The first kappa shape index (κ1) is 25.3. The average molecular weight is 536 g/mol. The SMILES string of the molecule is CN=C(NCCCOC1CCOC1)NCC(c1cccc(F)c1)N1CCOCC1.I. The van der Waals surface area contributed by atoms with Gasteiger partial charge in [-0.05, 0) is 30.5 Å². The molecular weight excluding hydrogens is 502 g/mol. The molecule has 0 saturated carbocycles. The van der Waals surface area contributed by atoms with E-state index in [0.717, 1.165) is 50.6 Å². The predicted octanol–water partition coefficient (Wildman–Crippen LogP) is 2.18. The van der Waals surface area contributed by atoms with E-state index in [9.17, 15) is 4.39 Å². The zero-order valence-corrected chi connectivity index (χ0v) is 20.0. The average Bonchev–Trinajstić information content (AvgIpc) is 3.26. The van der Waals surface area contributed by atoms with Gasteiger partial charge in [0.15, 0.2) is 5.96 Å². The van der Waals surface area contributed by atoms with Gasteiger partial charge in [0, 0.05) is 46.4 Å². The third kappa shape index (κ3) is 8.26. The van der Waals surface area contributed by atoms with E-state index < -0.39 is 0 Å².